The number of fused-ring (bicyclic) bond motifs is 6. The van der Waals surface area contributed by atoms with Crippen molar-refractivity contribution in [3.05, 3.63) is 58.2 Å². The van der Waals surface area contributed by atoms with Crippen LogP contribution in [0.2, 0.25) is 0 Å². The molecule has 3 fully saturated rings. The number of thiazole rings is 1. The highest BCUT2D eigenvalue weighted by atomic mass is 32.1. The molecule has 63 heavy (non-hydrogen) atoms. The van der Waals surface area contributed by atoms with Crippen molar-refractivity contribution in [2.24, 2.45) is 23.2 Å². The fraction of sp³-hybridized carbons (Fsp3) is 0.574. The van der Waals surface area contributed by atoms with E-state index in [1.165, 1.54) is 16.3 Å². The summed E-state index contributed by atoms with van der Waals surface area (Å²) in [6.45, 7) is 16.7. The maximum atomic E-state index is 14.8. The van der Waals surface area contributed by atoms with Crippen molar-refractivity contribution in [2.75, 3.05) is 46.6 Å². The number of esters is 1. The van der Waals surface area contributed by atoms with Crippen molar-refractivity contribution in [1.29, 1.82) is 0 Å². The number of methoxy groups -OCH3 is 1. The van der Waals surface area contributed by atoms with Crippen LogP contribution in [0.4, 0.5) is 0 Å². The second-order valence-corrected chi connectivity index (χ2v) is 19.1. The number of benzene rings is 1. The number of ether oxygens (including phenoxy) is 4. The van der Waals surface area contributed by atoms with Crippen molar-refractivity contribution in [2.45, 2.75) is 105 Å². The highest BCUT2D eigenvalue weighted by Gasteiger charge is 2.58. The van der Waals surface area contributed by atoms with Crippen molar-refractivity contribution in [3.8, 4) is 22.5 Å². The third kappa shape index (κ3) is 8.89. The molecule has 1 aliphatic carbocycles. The lowest BCUT2D eigenvalue weighted by Crippen LogP contribution is -2.61. The Kier molecular flexibility index (Phi) is 13.1. The van der Waals surface area contributed by atoms with E-state index in [0.29, 0.717) is 62.7 Å². The highest BCUT2D eigenvalue weighted by Crippen LogP contribution is 2.48. The summed E-state index contributed by atoms with van der Waals surface area (Å²) in [6.07, 6.45) is 2.05. The summed E-state index contributed by atoms with van der Waals surface area (Å²) in [5.74, 6) is -2.73. The molecular weight excluding hydrogens is 823 g/mol. The third-order valence-electron chi connectivity index (χ3n) is 13.1. The minimum atomic E-state index is -1.22. The highest BCUT2D eigenvalue weighted by molar-refractivity contribution is 7.10. The Labute approximate surface area is 373 Å². The first kappa shape index (κ1) is 44.9. The standard InChI is InChI=1S/C47H61N7O8S/c1-9-53-35-16-15-29-21-31(35)32(40(53)30-13-11-17-48-38(30)28(5)59-8)22-47(6,7)25-62-46(58)33-14-12-18-54(51-33)45(57)39(41(60-10-2)43-49-34(29)24-63-43)50-42(55)36-27(4)37(36)44(56)52-19-20-61-26(3)23-52/h11,13,15-17,21,24,26-28,33,36-37,39,41,51H,9-10,12,14,18-20,22-23,25H2,1-8H3,(H,50,55)/t26-,27-,28+,33+,36-,37-,39+,41+/m1/s1. The van der Waals surface area contributed by atoms with E-state index in [2.05, 4.69) is 60.3 Å². The second kappa shape index (κ2) is 18.4. The SMILES string of the molecule is CCO[C@@H]1c2nc(cs2)-c2ccc3c(c2)c(c(-c2cccnc2[C@H](C)OC)n3CC)CC(C)(C)COC(=O)[C@@H]2CCCN(N2)C(=O)[C@H]1NC(=O)[C@@H]1[C@@H](C)[C@H]1C(=O)N1CCO[C@H](C)C1. The van der Waals surface area contributed by atoms with Crippen LogP contribution in [0.1, 0.15) is 89.8 Å². The molecule has 6 heterocycles. The van der Waals surface area contributed by atoms with Gasteiger partial charge in [-0.25, -0.2) is 10.4 Å². The summed E-state index contributed by atoms with van der Waals surface area (Å²) in [6, 6.07) is 8.39. The van der Waals surface area contributed by atoms with Crippen LogP contribution >= 0.6 is 11.3 Å². The van der Waals surface area contributed by atoms with Gasteiger partial charge in [-0.1, -0.05) is 26.8 Å². The summed E-state index contributed by atoms with van der Waals surface area (Å²) < 4.78 is 26.3. The van der Waals surface area contributed by atoms with Crippen LogP contribution in [0.5, 0.6) is 0 Å². The van der Waals surface area contributed by atoms with Gasteiger partial charge < -0.3 is 33.7 Å². The third-order valence-corrected chi connectivity index (χ3v) is 14.0. The molecule has 2 saturated heterocycles. The van der Waals surface area contributed by atoms with Crippen LogP contribution in [0, 0.1) is 23.2 Å². The number of nitrogens with zero attached hydrogens (tertiary/aromatic N) is 5. The number of carbonyl (C=O) groups excluding carboxylic acids is 4. The molecule has 2 N–H and O–H groups in total. The van der Waals surface area contributed by atoms with Crippen LogP contribution in [-0.4, -0.2) is 113 Å². The number of rotatable bonds is 9. The van der Waals surface area contributed by atoms with E-state index in [0.717, 1.165) is 39.0 Å². The van der Waals surface area contributed by atoms with Gasteiger partial charge >= 0.3 is 5.97 Å². The number of hydrazine groups is 1. The molecule has 8 rings (SSSR count). The Morgan fingerprint density at radius 1 is 1.13 bits per heavy atom. The quantitative estimate of drug-likeness (QED) is 0.193. The molecule has 16 heteroatoms. The Bertz CT molecular complexity index is 2360. The van der Waals surface area contributed by atoms with E-state index >= 15 is 0 Å². The number of aromatic nitrogens is 3. The van der Waals surface area contributed by atoms with Gasteiger partial charge in [0.05, 0.1) is 54.3 Å². The predicted molar refractivity (Wildman–Crippen MR) is 238 cm³/mol. The molecule has 3 aliphatic heterocycles. The fourth-order valence-corrected chi connectivity index (χ4v) is 10.6. The molecule has 6 bridgehead atoms. The summed E-state index contributed by atoms with van der Waals surface area (Å²) in [7, 11) is 1.69. The van der Waals surface area contributed by atoms with E-state index in [-0.39, 0.29) is 37.2 Å². The maximum absolute atomic E-state index is 14.8. The summed E-state index contributed by atoms with van der Waals surface area (Å²) in [5, 5.41) is 7.98. The number of amides is 3. The van der Waals surface area contributed by atoms with Gasteiger partial charge in [0, 0.05) is 78.9 Å². The number of pyridine rings is 1. The topological polar surface area (TPSA) is 166 Å². The van der Waals surface area contributed by atoms with E-state index in [1.807, 2.05) is 39.1 Å². The molecule has 0 unspecified atom stereocenters. The number of morpholine rings is 1. The number of hydrogen-bond donors (Lipinski definition) is 2. The van der Waals surface area contributed by atoms with Gasteiger partial charge in [0.1, 0.15) is 23.2 Å². The van der Waals surface area contributed by atoms with Gasteiger partial charge in [-0.05, 0) is 82.7 Å². The molecule has 338 valence electrons. The lowest BCUT2D eigenvalue weighted by Gasteiger charge is -2.37. The maximum Gasteiger partial charge on any atom is 0.324 e. The van der Waals surface area contributed by atoms with Crippen LogP contribution in [0.25, 0.3) is 33.4 Å². The molecule has 4 aliphatic rings. The number of nitrogens with one attached hydrogen (secondary N) is 2. The van der Waals surface area contributed by atoms with Crippen LogP contribution in [0.3, 0.4) is 0 Å². The zero-order valence-electron chi connectivity index (χ0n) is 37.6. The Hall–Kier alpha value is -4.74. The minimum absolute atomic E-state index is 0.0751. The Balaban J connectivity index is 1.21. The van der Waals surface area contributed by atoms with Gasteiger partial charge in [0.2, 0.25) is 11.8 Å². The molecule has 1 saturated carbocycles. The number of carbonyl (C=O) groups is 4. The molecule has 1 aromatic carbocycles. The number of aryl methyl sites for hydroxylation is 1. The second-order valence-electron chi connectivity index (χ2n) is 18.2. The summed E-state index contributed by atoms with van der Waals surface area (Å²) in [5.41, 5.74) is 9.22. The lowest BCUT2D eigenvalue weighted by molar-refractivity contribution is -0.156. The zero-order valence-corrected chi connectivity index (χ0v) is 38.5. The number of cyclic esters (lactones) is 1. The first-order valence-electron chi connectivity index (χ1n) is 22.4. The minimum Gasteiger partial charge on any atom is -0.464 e. The Morgan fingerprint density at radius 2 is 1.94 bits per heavy atom. The van der Waals surface area contributed by atoms with Crippen molar-refractivity contribution in [1.82, 2.24) is 35.2 Å². The smallest absolute Gasteiger partial charge is 0.324 e. The molecule has 3 aromatic heterocycles. The molecular formula is C47H61N7O8S. The van der Waals surface area contributed by atoms with Crippen molar-refractivity contribution >= 4 is 45.9 Å². The van der Waals surface area contributed by atoms with Gasteiger partial charge in [0.15, 0.2) is 0 Å². The van der Waals surface area contributed by atoms with E-state index in [1.54, 1.807) is 18.2 Å². The average Bonchev–Trinajstić information content (AvgIpc) is 3.57. The fourth-order valence-electron chi connectivity index (χ4n) is 9.66. The predicted octanol–water partition coefficient (Wildman–Crippen LogP) is 5.87. The number of hydrogen-bond acceptors (Lipinski definition) is 12. The van der Waals surface area contributed by atoms with E-state index in [4.69, 9.17) is 28.9 Å². The molecule has 15 nitrogen and oxygen atoms in total. The van der Waals surface area contributed by atoms with Gasteiger partial charge in [0.25, 0.3) is 5.91 Å². The molecule has 8 atom stereocenters. The van der Waals surface area contributed by atoms with Gasteiger partial charge in [-0.2, -0.15) is 0 Å². The van der Waals surface area contributed by atoms with Gasteiger partial charge in [-0.3, -0.25) is 29.2 Å². The average molecular weight is 884 g/mol. The summed E-state index contributed by atoms with van der Waals surface area (Å²) in [4.78, 5) is 68.4. The van der Waals surface area contributed by atoms with E-state index in [9.17, 15) is 19.2 Å². The van der Waals surface area contributed by atoms with Crippen LogP contribution in [-0.2, 0) is 51.1 Å². The normalized spacial score (nSPS) is 26.8. The Morgan fingerprint density at radius 3 is 2.68 bits per heavy atom. The largest absolute Gasteiger partial charge is 0.464 e. The van der Waals surface area contributed by atoms with Crippen LogP contribution < -0.4 is 10.7 Å². The first-order chi connectivity index (χ1) is 30.2. The molecule has 4 aromatic rings. The molecule has 0 spiro atoms. The van der Waals surface area contributed by atoms with Gasteiger partial charge in [-0.15, -0.1) is 11.3 Å². The molecule has 0 radical (unpaired) electrons. The van der Waals surface area contributed by atoms with E-state index < -0.39 is 53.2 Å². The lowest BCUT2D eigenvalue weighted by atomic mass is 9.84. The van der Waals surface area contributed by atoms with Crippen molar-refractivity contribution < 1.29 is 38.1 Å². The van der Waals surface area contributed by atoms with Crippen LogP contribution in [0.15, 0.2) is 41.9 Å². The summed E-state index contributed by atoms with van der Waals surface area (Å²) >= 11 is 1.36. The zero-order chi connectivity index (χ0) is 44.7. The monoisotopic (exact) mass is 883 g/mol. The van der Waals surface area contributed by atoms with Crippen molar-refractivity contribution in [3.63, 3.8) is 0 Å². The molecule has 3 amide bonds. The first-order valence-corrected chi connectivity index (χ1v) is 23.3.